The number of ether oxygens (including phenoxy) is 2. The van der Waals surface area contributed by atoms with E-state index in [1.54, 1.807) is 28.8 Å². The summed E-state index contributed by atoms with van der Waals surface area (Å²) in [4.78, 5) is 15.2. The number of anilines is 1. The number of morpholine rings is 1. The summed E-state index contributed by atoms with van der Waals surface area (Å²) in [5.41, 5.74) is 0.839. The molecule has 0 spiro atoms. The van der Waals surface area contributed by atoms with Gasteiger partial charge < -0.3 is 19.7 Å². The van der Waals surface area contributed by atoms with Crippen molar-refractivity contribution in [2.24, 2.45) is 0 Å². The maximum atomic E-state index is 12.8. The van der Waals surface area contributed by atoms with E-state index in [1.807, 2.05) is 13.8 Å². The first-order valence-electron chi connectivity index (χ1n) is 11.2. The van der Waals surface area contributed by atoms with Gasteiger partial charge in [-0.2, -0.15) is 0 Å². The number of carbonyl (C=O) groups excluding carboxylic acids is 1. The Hall–Kier alpha value is -2.50. The summed E-state index contributed by atoms with van der Waals surface area (Å²) in [6.07, 6.45) is 3.19. The fourth-order valence-electron chi connectivity index (χ4n) is 4.17. The highest BCUT2D eigenvalue weighted by atomic mass is 32.2. The molecule has 0 bridgehead atoms. The highest BCUT2D eigenvalue weighted by molar-refractivity contribution is 7.90. The van der Waals surface area contributed by atoms with Gasteiger partial charge in [0.05, 0.1) is 24.2 Å². The lowest BCUT2D eigenvalue weighted by Gasteiger charge is -2.35. The molecule has 2 fully saturated rings. The van der Waals surface area contributed by atoms with Crippen molar-refractivity contribution in [2.75, 3.05) is 37.5 Å². The second-order valence-corrected chi connectivity index (χ2v) is 10.9. The normalized spacial score (nSPS) is 21.5. The lowest BCUT2D eigenvalue weighted by Crippen LogP contribution is -2.48. The summed E-state index contributed by atoms with van der Waals surface area (Å²) in [5, 5.41) is 11.5. The van der Waals surface area contributed by atoms with Gasteiger partial charge in [-0.15, -0.1) is 10.2 Å². The van der Waals surface area contributed by atoms with Crippen molar-refractivity contribution in [1.29, 1.82) is 0 Å². The Morgan fingerprint density at radius 1 is 1.15 bits per heavy atom. The summed E-state index contributed by atoms with van der Waals surface area (Å²) < 4.78 is 37.2. The highest BCUT2D eigenvalue weighted by Crippen LogP contribution is 2.25. The Morgan fingerprint density at radius 3 is 2.52 bits per heavy atom. The third-order valence-corrected chi connectivity index (χ3v) is 6.93. The van der Waals surface area contributed by atoms with E-state index in [-0.39, 0.29) is 34.9 Å². The summed E-state index contributed by atoms with van der Waals surface area (Å²) in [6.45, 7) is 6.61. The second-order valence-electron chi connectivity index (χ2n) is 8.86. The Morgan fingerprint density at radius 2 is 1.88 bits per heavy atom. The molecule has 1 aromatic heterocycles. The Balaban J connectivity index is 1.63. The molecule has 0 aliphatic carbocycles. The van der Waals surface area contributed by atoms with Crippen LogP contribution in [-0.2, 0) is 25.9 Å². The first kappa shape index (κ1) is 23.7. The van der Waals surface area contributed by atoms with E-state index in [9.17, 15) is 13.2 Å². The zero-order valence-electron chi connectivity index (χ0n) is 19.2. The molecule has 11 heteroatoms. The number of carbonyl (C=O) groups is 1. The van der Waals surface area contributed by atoms with Crippen molar-refractivity contribution < 1.29 is 22.7 Å². The molecular weight excluding hydrogens is 446 g/mol. The largest absolute Gasteiger partial charge is 0.375 e. The van der Waals surface area contributed by atoms with Crippen molar-refractivity contribution in [1.82, 2.24) is 20.1 Å². The fraction of sp³-hybridized carbons (Fsp3) is 0.591. The van der Waals surface area contributed by atoms with Gasteiger partial charge in [-0.3, -0.25) is 9.36 Å². The molecule has 2 unspecified atom stereocenters. The number of hydrogen-bond acceptors (Lipinski definition) is 8. The SMILES string of the molecule is CC(C)NC(=O)c1nnc(N2CCOC(C3CCCO3)C2)n1Cc1ccc(S(C)(=O)=O)cc1. The van der Waals surface area contributed by atoms with Gasteiger partial charge in [-0.1, -0.05) is 12.1 Å². The number of sulfone groups is 1. The molecule has 1 N–H and O–H groups in total. The van der Waals surface area contributed by atoms with Gasteiger partial charge in [0.15, 0.2) is 9.84 Å². The van der Waals surface area contributed by atoms with Crippen LogP contribution in [-0.4, -0.2) is 79.9 Å². The van der Waals surface area contributed by atoms with Gasteiger partial charge in [0.1, 0.15) is 6.10 Å². The fourth-order valence-corrected chi connectivity index (χ4v) is 4.80. The van der Waals surface area contributed by atoms with Crippen LogP contribution in [0.25, 0.3) is 0 Å². The molecule has 33 heavy (non-hydrogen) atoms. The average molecular weight is 478 g/mol. The molecule has 0 radical (unpaired) electrons. The smallest absolute Gasteiger partial charge is 0.289 e. The van der Waals surface area contributed by atoms with E-state index in [0.29, 0.717) is 32.2 Å². The molecule has 180 valence electrons. The van der Waals surface area contributed by atoms with Gasteiger partial charge >= 0.3 is 0 Å². The van der Waals surface area contributed by atoms with Crippen LogP contribution in [0.1, 0.15) is 42.9 Å². The van der Waals surface area contributed by atoms with Gasteiger partial charge in [0.2, 0.25) is 11.8 Å². The van der Waals surface area contributed by atoms with Crippen LogP contribution < -0.4 is 10.2 Å². The molecule has 1 aromatic carbocycles. The number of rotatable bonds is 7. The van der Waals surface area contributed by atoms with Gasteiger partial charge in [-0.25, -0.2) is 8.42 Å². The molecule has 2 aromatic rings. The number of aromatic nitrogens is 3. The molecule has 2 saturated heterocycles. The molecule has 0 saturated carbocycles. The molecule has 4 rings (SSSR count). The first-order valence-corrected chi connectivity index (χ1v) is 13.1. The highest BCUT2D eigenvalue weighted by Gasteiger charge is 2.33. The lowest BCUT2D eigenvalue weighted by molar-refractivity contribution is -0.0546. The van der Waals surface area contributed by atoms with E-state index < -0.39 is 9.84 Å². The summed E-state index contributed by atoms with van der Waals surface area (Å²) in [7, 11) is -3.29. The number of benzene rings is 1. The van der Waals surface area contributed by atoms with Gasteiger partial charge in [0, 0.05) is 32.0 Å². The molecule has 2 aliphatic heterocycles. The zero-order chi connectivity index (χ0) is 23.6. The predicted octanol–water partition coefficient (Wildman–Crippen LogP) is 1.25. The predicted molar refractivity (Wildman–Crippen MR) is 122 cm³/mol. The maximum absolute atomic E-state index is 12.8. The number of hydrogen-bond donors (Lipinski definition) is 1. The van der Waals surface area contributed by atoms with E-state index in [0.717, 1.165) is 25.0 Å². The van der Waals surface area contributed by atoms with Crippen LogP contribution in [0.2, 0.25) is 0 Å². The zero-order valence-corrected chi connectivity index (χ0v) is 20.0. The number of nitrogens with one attached hydrogen (secondary N) is 1. The van der Waals surface area contributed by atoms with Gasteiger partial charge in [0.25, 0.3) is 5.91 Å². The topological polar surface area (TPSA) is 116 Å². The Kier molecular flexibility index (Phi) is 7.01. The van der Waals surface area contributed by atoms with Crippen LogP contribution in [0.4, 0.5) is 5.95 Å². The molecule has 3 heterocycles. The standard InChI is InChI=1S/C22H31N5O5S/c1-15(2)23-21(28)20-24-25-22(26-10-12-32-19(14-26)18-5-4-11-31-18)27(20)13-16-6-8-17(9-7-16)33(3,29)30/h6-9,15,18-19H,4-5,10-14H2,1-3H3,(H,23,28). The molecule has 1 amide bonds. The monoisotopic (exact) mass is 477 g/mol. The van der Waals surface area contributed by atoms with Gasteiger partial charge in [-0.05, 0) is 44.4 Å². The van der Waals surface area contributed by atoms with Crippen molar-refractivity contribution in [3.8, 4) is 0 Å². The number of amides is 1. The Bertz CT molecular complexity index is 1080. The molecular formula is C22H31N5O5S. The van der Waals surface area contributed by atoms with Crippen LogP contribution in [0.5, 0.6) is 0 Å². The maximum Gasteiger partial charge on any atom is 0.289 e. The third kappa shape index (κ3) is 5.53. The van der Waals surface area contributed by atoms with Crippen LogP contribution in [0, 0.1) is 0 Å². The first-order chi connectivity index (χ1) is 15.7. The molecule has 2 aliphatic rings. The minimum atomic E-state index is -3.29. The lowest BCUT2D eigenvalue weighted by atomic mass is 10.1. The van der Waals surface area contributed by atoms with Crippen LogP contribution in [0.15, 0.2) is 29.2 Å². The summed E-state index contributed by atoms with van der Waals surface area (Å²) in [6, 6.07) is 6.60. The van der Waals surface area contributed by atoms with E-state index in [1.165, 1.54) is 6.26 Å². The van der Waals surface area contributed by atoms with Crippen LogP contribution in [0.3, 0.4) is 0 Å². The van der Waals surface area contributed by atoms with Crippen molar-refractivity contribution in [3.05, 3.63) is 35.7 Å². The second kappa shape index (κ2) is 9.78. The quantitative estimate of drug-likeness (QED) is 0.634. The third-order valence-electron chi connectivity index (χ3n) is 5.80. The van der Waals surface area contributed by atoms with Crippen molar-refractivity contribution in [2.45, 2.75) is 56.4 Å². The number of nitrogens with zero attached hydrogens (tertiary/aromatic N) is 4. The van der Waals surface area contributed by atoms with E-state index >= 15 is 0 Å². The Labute approximate surface area is 194 Å². The van der Waals surface area contributed by atoms with Crippen molar-refractivity contribution in [3.63, 3.8) is 0 Å². The average Bonchev–Trinajstić information content (AvgIpc) is 3.44. The summed E-state index contributed by atoms with van der Waals surface area (Å²) in [5.74, 6) is 0.494. The summed E-state index contributed by atoms with van der Waals surface area (Å²) >= 11 is 0. The van der Waals surface area contributed by atoms with Crippen molar-refractivity contribution >= 4 is 21.7 Å². The van der Waals surface area contributed by atoms with E-state index in [4.69, 9.17) is 9.47 Å². The van der Waals surface area contributed by atoms with E-state index in [2.05, 4.69) is 20.4 Å². The minimum Gasteiger partial charge on any atom is -0.375 e. The van der Waals surface area contributed by atoms with Crippen LogP contribution >= 0.6 is 0 Å². The molecule has 10 nitrogen and oxygen atoms in total. The minimum absolute atomic E-state index is 0.0487. The molecule has 2 atom stereocenters.